The van der Waals surface area contributed by atoms with E-state index in [0.717, 1.165) is 15.9 Å². The molecule has 0 atom stereocenters. The van der Waals surface area contributed by atoms with Gasteiger partial charge in [0.2, 0.25) is 5.91 Å². The summed E-state index contributed by atoms with van der Waals surface area (Å²) in [6.45, 7) is -1.58. The lowest BCUT2D eigenvalue weighted by Gasteiger charge is -2.11. The fraction of sp³-hybridized carbons (Fsp3) is 0.238. The number of hydrogen-bond donors (Lipinski definition) is 1. The first kappa shape index (κ1) is 24.7. The lowest BCUT2D eigenvalue weighted by Crippen LogP contribution is -2.37. The Morgan fingerprint density at radius 3 is 2.63 bits per heavy atom. The third-order valence-corrected chi connectivity index (χ3v) is 6.45. The summed E-state index contributed by atoms with van der Waals surface area (Å²) in [5, 5.41) is 4.65. The molecule has 0 aliphatic rings. The van der Waals surface area contributed by atoms with Gasteiger partial charge < -0.3 is 14.6 Å². The quantitative estimate of drug-likeness (QED) is 0.382. The Balaban J connectivity index is 1.48. The van der Waals surface area contributed by atoms with Crippen LogP contribution in [0.3, 0.4) is 0 Å². The van der Waals surface area contributed by atoms with Crippen molar-refractivity contribution in [3.63, 3.8) is 0 Å². The molecule has 0 aliphatic carbocycles. The van der Waals surface area contributed by atoms with Gasteiger partial charge in [-0.1, -0.05) is 0 Å². The fourth-order valence-electron chi connectivity index (χ4n) is 3.38. The average Bonchev–Trinajstić information content (AvgIpc) is 3.42. The molecule has 35 heavy (non-hydrogen) atoms. The van der Waals surface area contributed by atoms with E-state index >= 15 is 0 Å². The highest BCUT2D eigenvalue weighted by atomic mass is 79.9. The second-order valence-corrected chi connectivity index (χ2v) is 9.23. The zero-order valence-electron chi connectivity index (χ0n) is 18.2. The zero-order valence-corrected chi connectivity index (χ0v) is 20.6. The normalized spacial score (nSPS) is 11.7. The Morgan fingerprint density at radius 2 is 1.94 bits per heavy atom. The van der Waals surface area contributed by atoms with E-state index in [1.807, 2.05) is 0 Å². The second kappa shape index (κ2) is 9.34. The summed E-state index contributed by atoms with van der Waals surface area (Å²) in [7, 11) is 2.91. The number of hydrogen-bond acceptors (Lipinski definition) is 6. The van der Waals surface area contributed by atoms with E-state index in [9.17, 15) is 27.6 Å². The molecule has 1 amide bonds. The third kappa shape index (κ3) is 5.17. The highest BCUT2D eigenvalue weighted by Crippen LogP contribution is 2.33. The van der Waals surface area contributed by atoms with Crippen molar-refractivity contribution in [1.29, 1.82) is 0 Å². The molecule has 3 heterocycles. The Bertz CT molecular complexity index is 1550. The molecule has 4 rings (SSSR count). The monoisotopic (exact) mass is 571 g/mol. The van der Waals surface area contributed by atoms with Crippen molar-refractivity contribution in [2.75, 3.05) is 11.9 Å². The Labute approximate surface area is 207 Å². The number of carbonyl (C=O) groups is 1. The molecular weight excluding hydrogens is 555 g/mol. The number of carbonyl (C=O) groups excluding carboxylic acids is 1. The van der Waals surface area contributed by atoms with Gasteiger partial charge in [0.1, 0.15) is 17.8 Å². The van der Waals surface area contributed by atoms with E-state index in [2.05, 4.69) is 26.2 Å². The SMILES string of the molecule is Cn1c(=O)c2c(ccn2CC(=O)Nc2nc(-c3ccc(OCC(F)(F)F)c(Br)c3)cs2)n(C)c1=O. The first-order chi connectivity index (χ1) is 16.4. The number of nitrogens with zero attached hydrogens (tertiary/aromatic N) is 4. The number of alkyl halides is 3. The number of ether oxygens (including phenoxy) is 1. The van der Waals surface area contributed by atoms with Gasteiger partial charge in [-0.15, -0.1) is 11.3 Å². The fourth-order valence-corrected chi connectivity index (χ4v) is 4.61. The number of aryl methyl sites for hydroxylation is 1. The van der Waals surface area contributed by atoms with Crippen molar-refractivity contribution in [1.82, 2.24) is 18.7 Å². The number of rotatable bonds is 6. The summed E-state index contributed by atoms with van der Waals surface area (Å²) in [6, 6.07) is 6.11. The first-order valence-corrected chi connectivity index (χ1v) is 11.6. The zero-order chi connectivity index (χ0) is 25.5. The standard InChI is InChI=1S/C21H17BrF3N5O4S/c1-28-14-5-6-30(17(14)18(32)29(2)20(28)33)8-16(31)27-19-26-13(9-35-19)11-3-4-15(12(22)7-11)34-10-21(23,24)25/h3-7,9H,8,10H2,1-2H3,(H,26,27,31). The van der Waals surface area contributed by atoms with Crippen LogP contribution in [0.5, 0.6) is 5.75 Å². The Hall–Kier alpha value is -3.39. The van der Waals surface area contributed by atoms with Crippen molar-refractivity contribution in [2.45, 2.75) is 12.7 Å². The number of amides is 1. The Morgan fingerprint density at radius 1 is 1.20 bits per heavy atom. The average molecular weight is 572 g/mol. The van der Waals surface area contributed by atoms with E-state index in [0.29, 0.717) is 26.4 Å². The number of halogens is 4. The van der Waals surface area contributed by atoms with Gasteiger partial charge in [-0.05, 0) is 40.2 Å². The van der Waals surface area contributed by atoms with Crippen molar-refractivity contribution in [3.8, 4) is 17.0 Å². The number of benzene rings is 1. The van der Waals surface area contributed by atoms with Gasteiger partial charge in [0.15, 0.2) is 11.7 Å². The molecule has 184 valence electrons. The van der Waals surface area contributed by atoms with Crippen LogP contribution >= 0.6 is 27.3 Å². The highest BCUT2D eigenvalue weighted by Gasteiger charge is 2.28. The van der Waals surface area contributed by atoms with Crippen LogP contribution in [0.25, 0.3) is 22.3 Å². The second-order valence-electron chi connectivity index (χ2n) is 7.52. The van der Waals surface area contributed by atoms with Crippen LogP contribution in [0.1, 0.15) is 0 Å². The molecule has 0 saturated heterocycles. The molecule has 1 N–H and O–H groups in total. The minimum Gasteiger partial charge on any atom is -0.483 e. The van der Waals surface area contributed by atoms with Crippen molar-refractivity contribution >= 4 is 49.3 Å². The minimum absolute atomic E-state index is 0.0393. The van der Waals surface area contributed by atoms with Crippen LogP contribution in [0.4, 0.5) is 18.3 Å². The highest BCUT2D eigenvalue weighted by molar-refractivity contribution is 9.10. The van der Waals surface area contributed by atoms with Crippen LogP contribution in [-0.2, 0) is 25.4 Å². The van der Waals surface area contributed by atoms with Crippen LogP contribution in [0, 0.1) is 0 Å². The molecule has 0 radical (unpaired) electrons. The summed E-state index contributed by atoms with van der Waals surface area (Å²) in [5.74, 6) is -0.395. The van der Waals surface area contributed by atoms with Gasteiger partial charge in [0.25, 0.3) is 5.56 Å². The molecule has 4 aromatic rings. The predicted octanol–water partition coefficient (Wildman–Crippen LogP) is 3.50. The molecule has 3 aromatic heterocycles. The predicted molar refractivity (Wildman–Crippen MR) is 128 cm³/mol. The molecule has 1 aromatic carbocycles. The molecule has 0 saturated carbocycles. The van der Waals surface area contributed by atoms with Gasteiger partial charge >= 0.3 is 11.9 Å². The minimum atomic E-state index is -4.45. The first-order valence-electron chi connectivity index (χ1n) is 9.94. The number of thiazole rings is 1. The van der Waals surface area contributed by atoms with Gasteiger partial charge in [0.05, 0.1) is 15.7 Å². The van der Waals surface area contributed by atoms with Gasteiger partial charge in [-0.3, -0.25) is 18.7 Å². The lowest BCUT2D eigenvalue weighted by molar-refractivity contribution is -0.153. The van der Waals surface area contributed by atoms with Crippen LogP contribution < -0.4 is 21.3 Å². The third-order valence-electron chi connectivity index (χ3n) is 5.07. The molecule has 0 bridgehead atoms. The van der Waals surface area contributed by atoms with Gasteiger partial charge in [-0.25, -0.2) is 9.78 Å². The smallest absolute Gasteiger partial charge is 0.422 e. The molecule has 0 spiro atoms. The number of aromatic nitrogens is 4. The topological polar surface area (TPSA) is 100 Å². The van der Waals surface area contributed by atoms with Crippen molar-refractivity contribution < 1.29 is 22.7 Å². The van der Waals surface area contributed by atoms with Crippen molar-refractivity contribution in [2.24, 2.45) is 14.1 Å². The molecule has 0 unspecified atom stereocenters. The number of nitrogens with one attached hydrogen (secondary N) is 1. The number of anilines is 1. The van der Waals surface area contributed by atoms with Crippen LogP contribution in [0.2, 0.25) is 0 Å². The molecule has 0 fully saturated rings. The Kier molecular flexibility index (Phi) is 6.60. The molecule has 0 aliphatic heterocycles. The van der Waals surface area contributed by atoms with Crippen LogP contribution in [0.15, 0.2) is 49.9 Å². The molecule has 9 nitrogen and oxygen atoms in total. The maximum absolute atomic E-state index is 12.6. The summed E-state index contributed by atoms with van der Waals surface area (Å²) in [6.07, 6.45) is -2.89. The maximum atomic E-state index is 12.6. The maximum Gasteiger partial charge on any atom is 0.422 e. The van der Waals surface area contributed by atoms with E-state index < -0.39 is 29.9 Å². The summed E-state index contributed by atoms with van der Waals surface area (Å²) < 4.78 is 46.0. The van der Waals surface area contributed by atoms with Crippen LogP contribution in [-0.4, -0.2) is 37.4 Å². The van der Waals surface area contributed by atoms with Crippen molar-refractivity contribution in [3.05, 3.63) is 61.2 Å². The lowest BCUT2D eigenvalue weighted by atomic mass is 10.2. The molecule has 14 heteroatoms. The molecular formula is C21H17BrF3N5O4S. The van der Waals surface area contributed by atoms with E-state index in [4.69, 9.17) is 4.74 Å². The van der Waals surface area contributed by atoms with E-state index in [-0.39, 0.29) is 17.8 Å². The summed E-state index contributed by atoms with van der Waals surface area (Å²) in [4.78, 5) is 41.6. The van der Waals surface area contributed by atoms with Gasteiger partial charge in [0, 0.05) is 31.2 Å². The number of fused-ring (bicyclic) bond motifs is 1. The largest absolute Gasteiger partial charge is 0.483 e. The van der Waals surface area contributed by atoms with E-state index in [1.165, 1.54) is 22.2 Å². The van der Waals surface area contributed by atoms with E-state index in [1.54, 1.807) is 36.8 Å². The summed E-state index contributed by atoms with van der Waals surface area (Å²) >= 11 is 4.36. The van der Waals surface area contributed by atoms with Gasteiger partial charge in [-0.2, -0.15) is 13.2 Å². The summed E-state index contributed by atoms with van der Waals surface area (Å²) in [5.41, 5.74) is 0.771.